The van der Waals surface area contributed by atoms with E-state index in [9.17, 15) is 9.59 Å². The minimum Gasteiger partial charge on any atom is -0.496 e. The molecule has 3 aromatic rings. The van der Waals surface area contributed by atoms with Crippen LogP contribution in [-0.4, -0.2) is 31.2 Å². The van der Waals surface area contributed by atoms with Crippen LogP contribution in [0.25, 0.3) is 10.8 Å². The Hall–Kier alpha value is -3.38. The Labute approximate surface area is 186 Å². The van der Waals surface area contributed by atoms with Crippen LogP contribution in [0.3, 0.4) is 0 Å². The van der Waals surface area contributed by atoms with Crippen molar-refractivity contribution in [3.8, 4) is 5.75 Å². The van der Waals surface area contributed by atoms with E-state index in [1.165, 1.54) is 0 Å². The van der Waals surface area contributed by atoms with Crippen molar-refractivity contribution < 1.29 is 14.3 Å². The molecular weight excluding hydrogens is 414 g/mol. The van der Waals surface area contributed by atoms with Crippen LogP contribution in [0, 0.1) is 5.92 Å². The van der Waals surface area contributed by atoms with Crippen LogP contribution < -0.4 is 15.5 Å². The number of rotatable bonds is 7. The van der Waals surface area contributed by atoms with E-state index >= 15 is 0 Å². The van der Waals surface area contributed by atoms with Crippen molar-refractivity contribution in [2.45, 2.75) is 19.9 Å². The van der Waals surface area contributed by atoms with E-state index < -0.39 is 11.9 Å². The van der Waals surface area contributed by atoms with Gasteiger partial charge < -0.3 is 10.1 Å². The number of halogens is 1. The van der Waals surface area contributed by atoms with Gasteiger partial charge in [-0.15, -0.1) is 0 Å². The normalized spacial score (nSPS) is 12.2. The molecule has 0 spiro atoms. The van der Waals surface area contributed by atoms with Gasteiger partial charge in [-0.2, -0.15) is 5.10 Å². The molecular formula is C24H24ClN3O3. The number of carbonyl (C=O) groups is 2. The van der Waals surface area contributed by atoms with Gasteiger partial charge in [-0.25, -0.2) is 5.43 Å². The number of hydrogen-bond acceptors (Lipinski definition) is 4. The van der Waals surface area contributed by atoms with E-state index in [1.54, 1.807) is 37.6 Å². The zero-order valence-electron chi connectivity index (χ0n) is 17.6. The Morgan fingerprint density at radius 2 is 1.74 bits per heavy atom. The van der Waals surface area contributed by atoms with Crippen molar-refractivity contribution in [3.05, 3.63) is 76.8 Å². The van der Waals surface area contributed by atoms with Gasteiger partial charge in [0.25, 0.3) is 11.8 Å². The number of ether oxygens (including phenoxy) is 1. The summed E-state index contributed by atoms with van der Waals surface area (Å²) in [7, 11) is 1.58. The Balaban J connectivity index is 1.75. The summed E-state index contributed by atoms with van der Waals surface area (Å²) in [5, 5.41) is 9.41. The SMILES string of the molecule is COc1ccc2ccccc2c1C=NNC(=O)C(NC(=O)c1ccc(Cl)cc1)C(C)C. The van der Waals surface area contributed by atoms with Gasteiger partial charge in [0.15, 0.2) is 0 Å². The van der Waals surface area contributed by atoms with Gasteiger partial charge in [-0.3, -0.25) is 9.59 Å². The molecule has 0 bridgehead atoms. The number of hydrogen-bond donors (Lipinski definition) is 2. The third kappa shape index (κ3) is 5.41. The van der Waals surface area contributed by atoms with E-state index in [0.29, 0.717) is 16.3 Å². The van der Waals surface area contributed by atoms with Crippen LogP contribution in [0.15, 0.2) is 65.8 Å². The van der Waals surface area contributed by atoms with Gasteiger partial charge in [0.1, 0.15) is 11.8 Å². The van der Waals surface area contributed by atoms with E-state index in [0.717, 1.165) is 16.3 Å². The lowest BCUT2D eigenvalue weighted by Crippen LogP contribution is -2.48. The number of benzene rings is 3. The first-order chi connectivity index (χ1) is 14.9. The quantitative estimate of drug-likeness (QED) is 0.424. The largest absolute Gasteiger partial charge is 0.496 e. The second kappa shape index (κ2) is 10.1. The Morgan fingerprint density at radius 1 is 1.03 bits per heavy atom. The van der Waals surface area contributed by atoms with Gasteiger partial charge in [-0.05, 0) is 47.0 Å². The lowest BCUT2D eigenvalue weighted by molar-refractivity contribution is -0.123. The third-order valence-electron chi connectivity index (χ3n) is 4.86. The summed E-state index contributed by atoms with van der Waals surface area (Å²) >= 11 is 5.87. The summed E-state index contributed by atoms with van der Waals surface area (Å²) in [6.07, 6.45) is 1.55. The van der Waals surface area contributed by atoms with Gasteiger partial charge in [0.05, 0.1) is 13.3 Å². The average Bonchev–Trinajstić information content (AvgIpc) is 2.77. The predicted octanol–water partition coefficient (Wildman–Crippen LogP) is 4.41. The molecule has 7 heteroatoms. The van der Waals surface area contributed by atoms with Crippen LogP contribution in [0.5, 0.6) is 5.75 Å². The third-order valence-corrected chi connectivity index (χ3v) is 5.11. The molecule has 0 fully saturated rings. The summed E-state index contributed by atoms with van der Waals surface area (Å²) in [5.74, 6) is -0.260. The standard InChI is InChI=1S/C24H24ClN3O3/c1-15(2)22(27-23(29)17-8-11-18(25)12-9-17)24(30)28-26-14-20-19-7-5-4-6-16(19)10-13-21(20)31-3/h4-15,22H,1-3H3,(H,27,29)(H,28,30). The molecule has 1 atom stereocenters. The van der Waals surface area contributed by atoms with E-state index in [-0.39, 0.29) is 11.8 Å². The summed E-state index contributed by atoms with van der Waals surface area (Å²) < 4.78 is 5.44. The van der Waals surface area contributed by atoms with Gasteiger partial charge in [0, 0.05) is 16.1 Å². The van der Waals surface area contributed by atoms with Crippen LogP contribution in [0.2, 0.25) is 5.02 Å². The topological polar surface area (TPSA) is 79.8 Å². The minimum atomic E-state index is -0.755. The monoisotopic (exact) mass is 437 g/mol. The van der Waals surface area contributed by atoms with Crippen LogP contribution in [-0.2, 0) is 4.79 Å². The fourth-order valence-electron chi connectivity index (χ4n) is 3.18. The second-order valence-electron chi connectivity index (χ2n) is 7.34. The molecule has 2 amide bonds. The maximum absolute atomic E-state index is 12.7. The van der Waals surface area contributed by atoms with Gasteiger partial charge >= 0.3 is 0 Å². The van der Waals surface area contributed by atoms with Gasteiger partial charge in [-0.1, -0.05) is 55.8 Å². The highest BCUT2D eigenvalue weighted by Gasteiger charge is 2.24. The highest BCUT2D eigenvalue weighted by Crippen LogP contribution is 2.26. The molecule has 2 N–H and O–H groups in total. The molecule has 0 aromatic heterocycles. The van der Waals surface area contributed by atoms with Crippen molar-refractivity contribution >= 4 is 40.4 Å². The molecule has 0 aliphatic heterocycles. The molecule has 6 nitrogen and oxygen atoms in total. The van der Waals surface area contributed by atoms with E-state index in [1.807, 2.05) is 50.2 Å². The van der Waals surface area contributed by atoms with Crippen LogP contribution >= 0.6 is 11.6 Å². The molecule has 160 valence electrons. The Bertz CT molecular complexity index is 1110. The average molecular weight is 438 g/mol. The highest BCUT2D eigenvalue weighted by molar-refractivity contribution is 6.30. The molecule has 0 saturated carbocycles. The molecule has 3 rings (SSSR count). The number of hydrazone groups is 1. The molecule has 0 radical (unpaired) electrons. The maximum Gasteiger partial charge on any atom is 0.262 e. The molecule has 0 aliphatic rings. The maximum atomic E-state index is 12.7. The van der Waals surface area contributed by atoms with Crippen LogP contribution in [0.4, 0.5) is 0 Å². The highest BCUT2D eigenvalue weighted by atomic mass is 35.5. The van der Waals surface area contributed by atoms with Crippen LogP contribution in [0.1, 0.15) is 29.8 Å². The summed E-state index contributed by atoms with van der Waals surface area (Å²) in [6.45, 7) is 3.70. The zero-order valence-corrected chi connectivity index (χ0v) is 18.3. The van der Waals surface area contributed by atoms with Crippen molar-refractivity contribution in [3.63, 3.8) is 0 Å². The number of amides is 2. The zero-order chi connectivity index (χ0) is 22.4. The minimum absolute atomic E-state index is 0.140. The lowest BCUT2D eigenvalue weighted by Gasteiger charge is -2.20. The molecule has 3 aromatic carbocycles. The van der Waals surface area contributed by atoms with Crippen molar-refractivity contribution in [2.75, 3.05) is 7.11 Å². The summed E-state index contributed by atoms with van der Waals surface area (Å²) in [6, 6.07) is 17.4. The fourth-order valence-corrected chi connectivity index (χ4v) is 3.30. The second-order valence-corrected chi connectivity index (χ2v) is 7.78. The summed E-state index contributed by atoms with van der Waals surface area (Å²) in [5.41, 5.74) is 3.71. The number of methoxy groups -OCH3 is 1. The predicted molar refractivity (Wildman–Crippen MR) is 124 cm³/mol. The first-order valence-corrected chi connectivity index (χ1v) is 10.2. The van der Waals surface area contributed by atoms with E-state index in [2.05, 4.69) is 15.8 Å². The number of carbonyl (C=O) groups excluding carboxylic acids is 2. The van der Waals surface area contributed by atoms with Crippen molar-refractivity contribution in [2.24, 2.45) is 11.0 Å². The van der Waals surface area contributed by atoms with Crippen molar-refractivity contribution in [1.82, 2.24) is 10.7 Å². The van der Waals surface area contributed by atoms with Gasteiger partial charge in [0.2, 0.25) is 0 Å². The Kier molecular flexibility index (Phi) is 7.26. The summed E-state index contributed by atoms with van der Waals surface area (Å²) in [4.78, 5) is 25.2. The lowest BCUT2D eigenvalue weighted by atomic mass is 10.0. The molecule has 0 aliphatic carbocycles. The van der Waals surface area contributed by atoms with Crippen molar-refractivity contribution in [1.29, 1.82) is 0 Å². The first-order valence-electron chi connectivity index (χ1n) is 9.85. The number of fused-ring (bicyclic) bond motifs is 1. The fraction of sp³-hybridized carbons (Fsp3) is 0.208. The molecule has 0 heterocycles. The molecule has 1 unspecified atom stereocenters. The molecule has 0 saturated heterocycles. The van der Waals surface area contributed by atoms with E-state index in [4.69, 9.17) is 16.3 Å². The number of nitrogens with zero attached hydrogens (tertiary/aromatic N) is 1. The first kappa shape index (κ1) is 22.3. The number of nitrogens with one attached hydrogen (secondary N) is 2. The Morgan fingerprint density at radius 3 is 2.42 bits per heavy atom. The smallest absolute Gasteiger partial charge is 0.262 e. The molecule has 31 heavy (non-hydrogen) atoms.